The second-order valence-electron chi connectivity index (χ2n) is 3.88. The van der Waals surface area contributed by atoms with E-state index in [4.69, 9.17) is 5.11 Å². The van der Waals surface area contributed by atoms with Gasteiger partial charge in [-0.25, -0.2) is 0 Å². The fourth-order valence-corrected chi connectivity index (χ4v) is 3.33. The molecule has 0 amide bonds. The largest absolute Gasteiger partial charge is 0.481 e. The summed E-state index contributed by atoms with van der Waals surface area (Å²) in [7, 11) is 0. The molecule has 0 fully saturated rings. The molecule has 0 heterocycles. The molecule has 0 radical (unpaired) electrons. The van der Waals surface area contributed by atoms with E-state index in [1.54, 1.807) is 11.8 Å². The highest BCUT2D eigenvalue weighted by molar-refractivity contribution is 9.10. The Morgan fingerprint density at radius 2 is 1.68 bits per heavy atom. The third-order valence-electron chi connectivity index (χ3n) is 2.42. The molecule has 0 atom stereocenters. The van der Waals surface area contributed by atoms with Crippen molar-refractivity contribution < 1.29 is 9.90 Å². The van der Waals surface area contributed by atoms with Crippen LogP contribution in [0.15, 0.2) is 61.2 Å². The van der Waals surface area contributed by atoms with Crippen LogP contribution >= 0.6 is 43.6 Å². The van der Waals surface area contributed by atoms with Gasteiger partial charge in [-0.1, -0.05) is 49.7 Å². The lowest BCUT2D eigenvalue weighted by Crippen LogP contribution is -2.00. The summed E-state index contributed by atoms with van der Waals surface area (Å²) in [5.41, 5.74) is 0.785. The molecule has 0 aliphatic heterocycles. The summed E-state index contributed by atoms with van der Waals surface area (Å²) >= 11 is 8.46. The Bertz CT molecular complexity index is 597. The molecule has 1 N–H and O–H groups in total. The maximum atomic E-state index is 10.7. The minimum absolute atomic E-state index is 0.0316. The van der Waals surface area contributed by atoms with Gasteiger partial charge in [-0.3, -0.25) is 4.79 Å². The third-order valence-corrected chi connectivity index (χ3v) is 4.68. The standard InChI is InChI=1S/C14H10Br2O2S/c15-10-2-5-11(6-3-10)19-12-4-1-9(7-14(17)18)13(16)8-12/h1-6,8H,7H2,(H,17,18). The first-order chi connectivity index (χ1) is 9.04. The number of aliphatic carboxylic acids is 1. The van der Waals surface area contributed by atoms with Gasteiger partial charge in [0.2, 0.25) is 0 Å². The summed E-state index contributed by atoms with van der Waals surface area (Å²) < 4.78 is 1.88. The molecule has 0 aliphatic carbocycles. The fourth-order valence-electron chi connectivity index (χ4n) is 1.54. The molecule has 0 spiro atoms. The van der Waals surface area contributed by atoms with E-state index < -0.39 is 5.97 Å². The van der Waals surface area contributed by atoms with E-state index in [1.165, 1.54) is 0 Å². The van der Waals surface area contributed by atoms with Gasteiger partial charge in [0.1, 0.15) is 0 Å². The van der Waals surface area contributed by atoms with Gasteiger partial charge in [0.05, 0.1) is 6.42 Å². The average molecular weight is 402 g/mol. The number of benzene rings is 2. The minimum Gasteiger partial charge on any atom is -0.481 e. The van der Waals surface area contributed by atoms with Crippen LogP contribution in [0, 0.1) is 0 Å². The topological polar surface area (TPSA) is 37.3 Å². The minimum atomic E-state index is -0.825. The van der Waals surface area contributed by atoms with Crippen molar-refractivity contribution in [3.63, 3.8) is 0 Å². The zero-order chi connectivity index (χ0) is 13.8. The lowest BCUT2D eigenvalue weighted by Gasteiger charge is -2.06. The van der Waals surface area contributed by atoms with Gasteiger partial charge >= 0.3 is 5.97 Å². The summed E-state index contributed by atoms with van der Waals surface area (Å²) in [5, 5.41) is 8.79. The quantitative estimate of drug-likeness (QED) is 0.783. The van der Waals surface area contributed by atoms with E-state index in [1.807, 2.05) is 42.5 Å². The molecule has 0 aromatic heterocycles. The lowest BCUT2D eigenvalue weighted by molar-refractivity contribution is -0.136. The highest BCUT2D eigenvalue weighted by atomic mass is 79.9. The molecule has 0 unspecified atom stereocenters. The van der Waals surface area contributed by atoms with E-state index in [-0.39, 0.29) is 6.42 Å². The number of carboxylic acids is 1. The van der Waals surface area contributed by atoms with Crippen LogP contribution in [-0.2, 0) is 11.2 Å². The van der Waals surface area contributed by atoms with Gasteiger partial charge in [0.25, 0.3) is 0 Å². The van der Waals surface area contributed by atoms with Crippen molar-refractivity contribution in [1.82, 2.24) is 0 Å². The normalized spacial score (nSPS) is 10.4. The first-order valence-corrected chi connectivity index (χ1v) is 7.88. The van der Waals surface area contributed by atoms with Crippen LogP contribution < -0.4 is 0 Å². The second-order valence-corrected chi connectivity index (χ2v) is 6.80. The number of halogens is 2. The van der Waals surface area contributed by atoms with Crippen LogP contribution in [0.2, 0.25) is 0 Å². The predicted octanol–water partition coefficient (Wildman–Crippen LogP) is 4.99. The Kier molecular flexibility index (Phi) is 5.07. The lowest BCUT2D eigenvalue weighted by atomic mass is 10.1. The van der Waals surface area contributed by atoms with Crippen molar-refractivity contribution in [2.24, 2.45) is 0 Å². The van der Waals surface area contributed by atoms with E-state index in [0.717, 1.165) is 24.3 Å². The molecule has 0 bridgehead atoms. The monoisotopic (exact) mass is 400 g/mol. The van der Waals surface area contributed by atoms with Crippen molar-refractivity contribution >= 4 is 49.6 Å². The van der Waals surface area contributed by atoms with Crippen LogP contribution in [0.4, 0.5) is 0 Å². The van der Waals surface area contributed by atoms with E-state index in [2.05, 4.69) is 31.9 Å². The highest BCUT2D eigenvalue weighted by Crippen LogP contribution is 2.31. The number of hydrogen-bond donors (Lipinski definition) is 1. The highest BCUT2D eigenvalue weighted by Gasteiger charge is 2.06. The maximum absolute atomic E-state index is 10.7. The molecule has 2 aromatic carbocycles. The number of carboxylic acid groups (broad SMARTS) is 1. The number of rotatable bonds is 4. The third kappa shape index (κ3) is 4.37. The molecule has 2 rings (SSSR count). The first kappa shape index (κ1) is 14.6. The van der Waals surface area contributed by atoms with E-state index >= 15 is 0 Å². The smallest absolute Gasteiger partial charge is 0.307 e. The van der Waals surface area contributed by atoms with Crippen LogP contribution in [0.1, 0.15) is 5.56 Å². The van der Waals surface area contributed by atoms with Crippen molar-refractivity contribution in [3.8, 4) is 0 Å². The molecular weight excluding hydrogens is 392 g/mol. The summed E-state index contributed by atoms with van der Waals surface area (Å²) in [6, 6.07) is 13.8. The Morgan fingerprint density at radius 3 is 2.26 bits per heavy atom. The fraction of sp³-hybridized carbons (Fsp3) is 0.0714. The van der Waals surface area contributed by atoms with Gasteiger partial charge in [-0.15, -0.1) is 0 Å². The van der Waals surface area contributed by atoms with E-state index in [9.17, 15) is 4.79 Å². The maximum Gasteiger partial charge on any atom is 0.307 e. The summed E-state index contributed by atoms with van der Waals surface area (Å²) in [5.74, 6) is -0.825. The van der Waals surface area contributed by atoms with Gasteiger partial charge in [0.15, 0.2) is 0 Å². The Hall–Kier alpha value is -0.780. The van der Waals surface area contributed by atoms with Gasteiger partial charge < -0.3 is 5.11 Å². The average Bonchev–Trinajstić information content (AvgIpc) is 2.35. The zero-order valence-electron chi connectivity index (χ0n) is 9.77. The van der Waals surface area contributed by atoms with Crippen molar-refractivity contribution in [2.45, 2.75) is 16.2 Å². The molecule has 98 valence electrons. The predicted molar refractivity (Wildman–Crippen MR) is 83.7 cm³/mol. The summed E-state index contributed by atoms with van der Waals surface area (Å²) in [4.78, 5) is 12.9. The van der Waals surface area contributed by atoms with Crippen LogP contribution in [0.25, 0.3) is 0 Å². The van der Waals surface area contributed by atoms with Crippen LogP contribution in [0.3, 0.4) is 0 Å². The molecule has 0 saturated carbocycles. The molecule has 2 aromatic rings. The van der Waals surface area contributed by atoms with Crippen LogP contribution in [-0.4, -0.2) is 11.1 Å². The molecule has 0 saturated heterocycles. The van der Waals surface area contributed by atoms with Crippen molar-refractivity contribution in [1.29, 1.82) is 0 Å². The summed E-state index contributed by atoms with van der Waals surface area (Å²) in [6.45, 7) is 0. The van der Waals surface area contributed by atoms with Crippen molar-refractivity contribution in [3.05, 3.63) is 57.0 Å². The molecule has 19 heavy (non-hydrogen) atoms. The van der Waals surface area contributed by atoms with Crippen molar-refractivity contribution in [2.75, 3.05) is 0 Å². The van der Waals surface area contributed by atoms with Crippen LogP contribution in [0.5, 0.6) is 0 Å². The Balaban J connectivity index is 2.15. The SMILES string of the molecule is O=C(O)Cc1ccc(Sc2ccc(Br)cc2)cc1Br. The molecule has 2 nitrogen and oxygen atoms in total. The van der Waals surface area contributed by atoms with E-state index in [0.29, 0.717) is 0 Å². The van der Waals surface area contributed by atoms with Gasteiger partial charge in [-0.05, 0) is 42.0 Å². The zero-order valence-corrected chi connectivity index (χ0v) is 13.8. The summed E-state index contributed by atoms with van der Waals surface area (Å²) in [6.07, 6.45) is 0.0316. The molecule has 5 heteroatoms. The number of hydrogen-bond acceptors (Lipinski definition) is 2. The first-order valence-electron chi connectivity index (χ1n) is 5.48. The Labute approximate surface area is 132 Å². The molecule has 0 aliphatic rings. The number of carbonyl (C=O) groups is 1. The second kappa shape index (κ2) is 6.59. The molecular formula is C14H10Br2O2S. The van der Waals surface area contributed by atoms with Gasteiger partial charge in [0, 0.05) is 18.7 Å². The van der Waals surface area contributed by atoms with Gasteiger partial charge in [-0.2, -0.15) is 0 Å². The Morgan fingerprint density at radius 1 is 1.05 bits per heavy atom.